The lowest BCUT2D eigenvalue weighted by Gasteiger charge is -2.05. The van der Waals surface area contributed by atoms with Crippen LogP contribution in [0.3, 0.4) is 0 Å². The Bertz CT molecular complexity index is 1230. The Labute approximate surface area is 175 Å². The Hall–Kier alpha value is -4.14. The van der Waals surface area contributed by atoms with E-state index >= 15 is 0 Å². The van der Waals surface area contributed by atoms with Gasteiger partial charge in [-0.15, -0.1) is 0 Å². The Morgan fingerprint density at radius 1 is 1.03 bits per heavy atom. The van der Waals surface area contributed by atoms with Crippen molar-refractivity contribution in [2.24, 2.45) is 0 Å². The number of nitrogens with zero attached hydrogens (tertiary/aromatic N) is 3. The molecule has 9 heteroatoms. The summed E-state index contributed by atoms with van der Waals surface area (Å²) in [7, 11) is 0. The van der Waals surface area contributed by atoms with Gasteiger partial charge in [0.15, 0.2) is 17.5 Å². The fourth-order valence-corrected chi connectivity index (χ4v) is 2.87. The normalized spacial score (nSPS) is 10.8. The summed E-state index contributed by atoms with van der Waals surface area (Å²) in [6, 6.07) is 9.68. The number of rotatable bonds is 6. The van der Waals surface area contributed by atoms with Gasteiger partial charge in [0.2, 0.25) is 5.91 Å². The maximum atomic E-state index is 13.8. The van der Waals surface area contributed by atoms with Crippen LogP contribution in [0.4, 0.5) is 14.5 Å². The first-order valence-electron chi connectivity index (χ1n) is 9.29. The molecule has 0 unspecified atom stereocenters. The summed E-state index contributed by atoms with van der Waals surface area (Å²) in [5, 5.41) is 12.2. The van der Waals surface area contributed by atoms with E-state index in [-0.39, 0.29) is 41.7 Å². The molecular formula is C22H16F2N4O3. The molecule has 0 aliphatic heterocycles. The van der Waals surface area contributed by atoms with Crippen molar-refractivity contribution in [3.8, 4) is 28.5 Å². The molecule has 0 aliphatic rings. The molecule has 4 aromatic rings. The summed E-state index contributed by atoms with van der Waals surface area (Å²) in [6.07, 6.45) is 4.52. The van der Waals surface area contributed by atoms with Crippen LogP contribution in [0.5, 0.6) is 5.75 Å². The zero-order valence-corrected chi connectivity index (χ0v) is 16.0. The second kappa shape index (κ2) is 8.70. The second-order valence-corrected chi connectivity index (χ2v) is 6.64. The number of halogens is 2. The molecule has 0 aliphatic carbocycles. The highest BCUT2D eigenvalue weighted by Crippen LogP contribution is 2.25. The van der Waals surface area contributed by atoms with Crippen molar-refractivity contribution in [2.75, 3.05) is 5.32 Å². The van der Waals surface area contributed by atoms with Crippen LogP contribution in [0, 0.1) is 11.6 Å². The smallest absolute Gasteiger partial charge is 0.224 e. The molecule has 2 aromatic carbocycles. The minimum absolute atomic E-state index is 0.0696. The lowest BCUT2D eigenvalue weighted by atomic mass is 10.2. The molecule has 2 N–H and O–H groups in total. The van der Waals surface area contributed by atoms with Crippen LogP contribution >= 0.6 is 0 Å². The zero-order chi connectivity index (χ0) is 21.8. The van der Waals surface area contributed by atoms with E-state index < -0.39 is 11.6 Å². The van der Waals surface area contributed by atoms with Gasteiger partial charge in [-0.1, -0.05) is 12.1 Å². The first-order chi connectivity index (χ1) is 15.0. The lowest BCUT2D eigenvalue weighted by molar-refractivity contribution is -0.116. The number of aryl methyl sites for hydroxylation is 1. The largest absolute Gasteiger partial charge is 0.508 e. The predicted molar refractivity (Wildman–Crippen MR) is 108 cm³/mol. The van der Waals surface area contributed by atoms with Gasteiger partial charge in [0.25, 0.3) is 0 Å². The number of carbonyl (C=O) groups is 1. The number of hydrogen-bond acceptors (Lipinski definition) is 6. The summed E-state index contributed by atoms with van der Waals surface area (Å²) < 4.78 is 32.3. The Kier molecular flexibility index (Phi) is 5.65. The van der Waals surface area contributed by atoms with E-state index in [2.05, 4.69) is 20.3 Å². The minimum Gasteiger partial charge on any atom is -0.508 e. The van der Waals surface area contributed by atoms with Gasteiger partial charge in [0, 0.05) is 24.5 Å². The number of amides is 1. The topological polar surface area (TPSA) is 101 Å². The number of anilines is 1. The van der Waals surface area contributed by atoms with Crippen LogP contribution in [-0.2, 0) is 11.2 Å². The van der Waals surface area contributed by atoms with Gasteiger partial charge in [-0.3, -0.25) is 4.79 Å². The van der Waals surface area contributed by atoms with Crippen molar-refractivity contribution in [2.45, 2.75) is 12.8 Å². The highest BCUT2D eigenvalue weighted by Gasteiger charge is 2.13. The maximum absolute atomic E-state index is 13.8. The van der Waals surface area contributed by atoms with Crippen molar-refractivity contribution < 1.29 is 23.1 Å². The summed E-state index contributed by atoms with van der Waals surface area (Å²) in [6.45, 7) is 0. The molecule has 2 heterocycles. The van der Waals surface area contributed by atoms with E-state index in [1.165, 1.54) is 30.7 Å². The van der Waals surface area contributed by atoms with Gasteiger partial charge in [-0.25, -0.2) is 23.7 Å². The average molecular weight is 422 g/mol. The summed E-state index contributed by atoms with van der Waals surface area (Å²) in [5.74, 6) is -0.814. The Balaban J connectivity index is 1.34. The average Bonchev–Trinajstić information content (AvgIpc) is 3.21. The fourth-order valence-electron chi connectivity index (χ4n) is 2.87. The van der Waals surface area contributed by atoms with Crippen LogP contribution in [0.25, 0.3) is 22.7 Å². The van der Waals surface area contributed by atoms with Crippen LogP contribution in [0.2, 0.25) is 0 Å². The number of hydrogen-bond donors (Lipinski definition) is 2. The molecule has 4 rings (SSSR count). The summed E-state index contributed by atoms with van der Waals surface area (Å²) in [4.78, 5) is 24.6. The molecule has 31 heavy (non-hydrogen) atoms. The van der Waals surface area contributed by atoms with Crippen molar-refractivity contribution in [3.63, 3.8) is 0 Å². The van der Waals surface area contributed by atoms with Crippen LogP contribution < -0.4 is 5.32 Å². The first kappa shape index (κ1) is 20.1. The van der Waals surface area contributed by atoms with E-state index in [1.807, 2.05) is 0 Å². The molecule has 2 aromatic heterocycles. The third-order valence-electron chi connectivity index (χ3n) is 4.36. The summed E-state index contributed by atoms with van der Waals surface area (Å²) in [5.41, 5.74) is 1.15. The van der Waals surface area contributed by atoms with E-state index in [4.69, 9.17) is 4.42 Å². The maximum Gasteiger partial charge on any atom is 0.224 e. The number of oxazole rings is 1. The number of phenols is 1. The number of benzene rings is 2. The van der Waals surface area contributed by atoms with Gasteiger partial charge >= 0.3 is 0 Å². The van der Waals surface area contributed by atoms with Gasteiger partial charge in [-0.05, 0) is 24.3 Å². The van der Waals surface area contributed by atoms with Crippen LogP contribution in [0.15, 0.2) is 65.5 Å². The van der Waals surface area contributed by atoms with Crippen molar-refractivity contribution in [1.29, 1.82) is 0 Å². The molecule has 0 fully saturated rings. The predicted octanol–water partition coefficient (Wildman–Crippen LogP) is 4.35. The third-order valence-corrected chi connectivity index (χ3v) is 4.36. The molecule has 0 radical (unpaired) electrons. The lowest BCUT2D eigenvalue weighted by Crippen LogP contribution is -2.13. The highest BCUT2D eigenvalue weighted by atomic mass is 19.1. The van der Waals surface area contributed by atoms with Gasteiger partial charge in [0.05, 0.1) is 29.8 Å². The van der Waals surface area contributed by atoms with E-state index in [0.717, 1.165) is 12.1 Å². The Morgan fingerprint density at radius 2 is 1.84 bits per heavy atom. The monoisotopic (exact) mass is 422 g/mol. The SMILES string of the molecule is O=C(CCc1ncc(-c2ccc(F)cc2F)o1)Nc1cnc(-c2cccc(O)c2)nc1. The van der Waals surface area contributed by atoms with Crippen molar-refractivity contribution >= 4 is 11.6 Å². The fraction of sp³-hybridized carbons (Fsp3) is 0.0909. The molecule has 156 valence electrons. The molecule has 7 nitrogen and oxygen atoms in total. The summed E-state index contributed by atoms with van der Waals surface area (Å²) >= 11 is 0. The van der Waals surface area contributed by atoms with Crippen LogP contribution in [0.1, 0.15) is 12.3 Å². The van der Waals surface area contributed by atoms with E-state index in [1.54, 1.807) is 18.2 Å². The quantitative estimate of drug-likeness (QED) is 0.479. The van der Waals surface area contributed by atoms with E-state index in [9.17, 15) is 18.7 Å². The first-order valence-corrected chi connectivity index (χ1v) is 9.29. The van der Waals surface area contributed by atoms with Gasteiger partial charge in [-0.2, -0.15) is 0 Å². The number of carbonyl (C=O) groups excluding carboxylic acids is 1. The van der Waals surface area contributed by atoms with Crippen molar-refractivity contribution in [3.05, 3.63) is 78.6 Å². The standard InChI is InChI=1S/C22H16F2N4O3/c23-14-4-5-17(18(24)9-14)19-12-25-21(31-19)7-6-20(30)28-15-10-26-22(27-11-15)13-2-1-3-16(29)8-13/h1-5,8-12,29H,6-7H2,(H,28,30). The third kappa shape index (κ3) is 4.89. The van der Waals surface area contributed by atoms with Crippen molar-refractivity contribution in [1.82, 2.24) is 15.0 Å². The number of phenolic OH excluding ortho intramolecular Hbond substituents is 1. The molecular weight excluding hydrogens is 406 g/mol. The van der Waals surface area contributed by atoms with Crippen LogP contribution in [-0.4, -0.2) is 26.0 Å². The zero-order valence-electron chi connectivity index (χ0n) is 16.0. The number of aromatic hydroxyl groups is 1. The number of nitrogens with one attached hydrogen (secondary N) is 1. The Morgan fingerprint density at radius 3 is 2.58 bits per heavy atom. The number of aromatic nitrogens is 3. The van der Waals surface area contributed by atoms with E-state index in [0.29, 0.717) is 17.1 Å². The molecule has 0 bridgehead atoms. The molecule has 0 spiro atoms. The minimum atomic E-state index is -0.755. The molecule has 0 atom stereocenters. The molecule has 0 saturated carbocycles. The molecule has 0 saturated heterocycles. The molecule has 1 amide bonds. The van der Waals surface area contributed by atoms with Gasteiger partial charge in [0.1, 0.15) is 17.4 Å². The van der Waals surface area contributed by atoms with Gasteiger partial charge < -0.3 is 14.8 Å². The second-order valence-electron chi connectivity index (χ2n) is 6.64. The highest BCUT2D eigenvalue weighted by molar-refractivity contribution is 5.90.